The van der Waals surface area contributed by atoms with E-state index in [1.165, 1.54) is 30.5 Å². The first-order valence-corrected chi connectivity index (χ1v) is 6.91. The number of hydrogen-bond donors (Lipinski definition) is 3. The van der Waals surface area contributed by atoms with Crippen LogP contribution in [0.2, 0.25) is 0 Å². The normalized spacial score (nSPS) is 10.6. The first-order valence-electron chi connectivity index (χ1n) is 4.31. The molecule has 0 saturated carbocycles. The summed E-state index contributed by atoms with van der Waals surface area (Å²) in [6.07, 6.45) is 0. The summed E-state index contributed by atoms with van der Waals surface area (Å²) in [7, 11) is -3.20. The van der Waals surface area contributed by atoms with E-state index in [2.05, 4.69) is 0 Å². The lowest BCUT2D eigenvalue weighted by Gasteiger charge is -2.10. The fourth-order valence-corrected chi connectivity index (χ4v) is 1.75. The van der Waals surface area contributed by atoms with Crippen LogP contribution in [0.1, 0.15) is 0 Å². The van der Waals surface area contributed by atoms with E-state index in [-0.39, 0.29) is 4.90 Å². The summed E-state index contributed by atoms with van der Waals surface area (Å²) in [5.74, 6) is 0. The van der Waals surface area contributed by atoms with Gasteiger partial charge in [0.1, 0.15) is 0 Å². The highest BCUT2D eigenvalue weighted by molar-refractivity contribution is 7.89. The highest BCUT2D eigenvalue weighted by Gasteiger charge is 2.15. The SMILES string of the molecule is CN(C)S(=O)(=O)c1ccc(N)cc1.O=[P+](O)O. The summed E-state index contributed by atoms with van der Waals surface area (Å²) >= 11 is 0. The van der Waals surface area contributed by atoms with Crippen LogP contribution in [0.5, 0.6) is 0 Å². The summed E-state index contributed by atoms with van der Waals surface area (Å²) in [5.41, 5.74) is 5.99. The zero-order chi connectivity index (χ0) is 13.6. The second kappa shape index (κ2) is 6.63. The highest BCUT2D eigenvalue weighted by Crippen LogP contribution is 2.14. The second-order valence-electron chi connectivity index (χ2n) is 3.11. The van der Waals surface area contributed by atoms with Gasteiger partial charge >= 0.3 is 8.25 Å². The molecule has 0 aliphatic carbocycles. The first kappa shape index (κ1) is 16.0. The van der Waals surface area contributed by atoms with Gasteiger partial charge < -0.3 is 5.73 Å². The van der Waals surface area contributed by atoms with E-state index in [1.807, 2.05) is 0 Å². The predicted molar refractivity (Wildman–Crippen MR) is 63.8 cm³/mol. The minimum Gasteiger partial charge on any atom is -0.399 e. The maximum absolute atomic E-state index is 11.5. The first-order chi connectivity index (χ1) is 7.67. The third-order valence-electron chi connectivity index (χ3n) is 1.66. The smallest absolute Gasteiger partial charge is 0.399 e. The molecule has 17 heavy (non-hydrogen) atoms. The number of nitrogen functional groups attached to an aromatic ring is 1. The molecule has 0 unspecified atom stereocenters. The van der Waals surface area contributed by atoms with E-state index in [4.69, 9.17) is 20.1 Å². The van der Waals surface area contributed by atoms with Crippen LogP contribution in [0.4, 0.5) is 5.69 Å². The van der Waals surface area contributed by atoms with Crippen molar-refractivity contribution in [3.05, 3.63) is 24.3 Å². The Morgan fingerprint density at radius 3 is 1.82 bits per heavy atom. The van der Waals surface area contributed by atoms with Crippen molar-refractivity contribution < 1.29 is 22.8 Å². The Bertz CT molecular complexity index is 467. The van der Waals surface area contributed by atoms with Gasteiger partial charge in [0.25, 0.3) is 0 Å². The molecule has 0 amide bonds. The van der Waals surface area contributed by atoms with E-state index in [1.54, 1.807) is 12.1 Å². The molecule has 9 heteroatoms. The standard InChI is InChI=1S/C8H12N2O2S.HO3P/c1-10(2)13(11,12)8-5-3-7(9)4-6-8;1-4(2)3/h3-6H,9H2,1-2H3;(H-,1,2,3)/p+1. The van der Waals surface area contributed by atoms with Gasteiger partial charge in [-0.3, -0.25) is 0 Å². The van der Waals surface area contributed by atoms with Crippen molar-refractivity contribution in [2.45, 2.75) is 4.90 Å². The number of hydrogen-bond acceptors (Lipinski definition) is 4. The second-order valence-corrected chi connectivity index (χ2v) is 5.77. The maximum atomic E-state index is 11.5. The number of nitrogens with two attached hydrogens (primary N) is 1. The summed E-state index contributed by atoms with van der Waals surface area (Å²) in [4.78, 5) is 14.5. The molecule has 0 radical (unpaired) electrons. The Hall–Kier alpha value is -1.05. The van der Waals surface area contributed by atoms with Gasteiger partial charge in [-0.05, 0) is 24.3 Å². The van der Waals surface area contributed by atoms with Crippen molar-refractivity contribution in [3.63, 3.8) is 0 Å². The van der Waals surface area contributed by atoms with Crippen molar-refractivity contribution in [2.24, 2.45) is 0 Å². The minimum absolute atomic E-state index is 0.256. The van der Waals surface area contributed by atoms with Crippen LogP contribution >= 0.6 is 8.25 Å². The molecule has 96 valence electrons. The van der Waals surface area contributed by atoms with E-state index in [0.717, 1.165) is 0 Å². The van der Waals surface area contributed by atoms with Crippen molar-refractivity contribution in [3.8, 4) is 0 Å². The molecule has 0 saturated heterocycles. The largest absolute Gasteiger partial charge is 0.692 e. The molecule has 7 nitrogen and oxygen atoms in total. The summed E-state index contributed by atoms with van der Waals surface area (Å²) in [6.45, 7) is 0. The summed E-state index contributed by atoms with van der Waals surface area (Å²) < 4.78 is 32.9. The number of rotatable bonds is 2. The van der Waals surface area contributed by atoms with Gasteiger partial charge in [-0.1, -0.05) is 0 Å². The molecule has 0 atom stereocenters. The fraction of sp³-hybridized carbons (Fsp3) is 0.250. The van der Waals surface area contributed by atoms with Crippen molar-refractivity contribution in [1.82, 2.24) is 4.31 Å². The Morgan fingerprint density at radius 1 is 1.18 bits per heavy atom. The average Bonchev–Trinajstić information content (AvgIpc) is 2.17. The van der Waals surface area contributed by atoms with Crippen LogP contribution in [0.25, 0.3) is 0 Å². The minimum atomic E-state index is -3.32. The van der Waals surface area contributed by atoms with Crippen LogP contribution in [0.3, 0.4) is 0 Å². The molecule has 0 aromatic heterocycles. The molecule has 1 aromatic rings. The molecule has 0 fully saturated rings. The molecular formula is C8H14N2O5PS+. The Labute approximate surface area is 100 Å². The maximum Gasteiger partial charge on any atom is 0.692 e. The Balaban J connectivity index is 0.000000557. The molecule has 0 heterocycles. The van der Waals surface area contributed by atoms with Gasteiger partial charge in [0.2, 0.25) is 10.0 Å². The lowest BCUT2D eigenvalue weighted by molar-refractivity contribution is 0.405. The zero-order valence-electron chi connectivity index (χ0n) is 9.31. The summed E-state index contributed by atoms with van der Waals surface area (Å²) in [6, 6.07) is 6.11. The monoisotopic (exact) mass is 281 g/mol. The van der Waals surface area contributed by atoms with Crippen molar-refractivity contribution in [1.29, 1.82) is 0 Å². The Morgan fingerprint density at radius 2 is 1.53 bits per heavy atom. The zero-order valence-corrected chi connectivity index (χ0v) is 11.0. The quantitative estimate of drug-likeness (QED) is 0.524. The van der Waals surface area contributed by atoms with Crippen LogP contribution in [0.15, 0.2) is 29.2 Å². The number of anilines is 1. The topological polar surface area (TPSA) is 121 Å². The van der Waals surface area contributed by atoms with Gasteiger partial charge in [-0.25, -0.2) is 12.7 Å². The molecule has 0 aliphatic heterocycles. The van der Waals surface area contributed by atoms with Crippen molar-refractivity contribution >= 4 is 24.0 Å². The van der Waals surface area contributed by atoms with Crippen LogP contribution in [0, 0.1) is 0 Å². The summed E-state index contributed by atoms with van der Waals surface area (Å²) in [5, 5.41) is 0. The van der Waals surface area contributed by atoms with Crippen LogP contribution in [-0.4, -0.2) is 36.6 Å². The lowest BCUT2D eigenvalue weighted by Crippen LogP contribution is -2.22. The number of sulfonamides is 1. The van der Waals surface area contributed by atoms with Crippen molar-refractivity contribution in [2.75, 3.05) is 19.8 Å². The van der Waals surface area contributed by atoms with Gasteiger partial charge in [0, 0.05) is 24.3 Å². The van der Waals surface area contributed by atoms with E-state index in [9.17, 15) is 8.42 Å². The third kappa shape index (κ3) is 5.71. The van der Waals surface area contributed by atoms with Crippen LogP contribution in [-0.2, 0) is 14.6 Å². The molecule has 0 bridgehead atoms. The van der Waals surface area contributed by atoms with Gasteiger partial charge in [-0.2, -0.15) is 0 Å². The predicted octanol–water partition coefficient (Wildman–Crippen LogP) is 0.147. The molecule has 0 spiro atoms. The average molecular weight is 281 g/mol. The van der Waals surface area contributed by atoms with E-state index < -0.39 is 18.3 Å². The fourth-order valence-electron chi connectivity index (χ4n) is 0.851. The van der Waals surface area contributed by atoms with E-state index in [0.29, 0.717) is 5.69 Å². The molecule has 0 aliphatic rings. The third-order valence-corrected chi connectivity index (χ3v) is 3.49. The molecular weight excluding hydrogens is 267 g/mol. The number of benzene rings is 1. The van der Waals surface area contributed by atoms with E-state index >= 15 is 0 Å². The lowest BCUT2D eigenvalue weighted by atomic mass is 10.3. The van der Waals surface area contributed by atoms with Gasteiger partial charge in [0.05, 0.1) is 4.90 Å². The molecule has 4 N–H and O–H groups in total. The highest BCUT2D eigenvalue weighted by atomic mass is 32.2. The van der Waals surface area contributed by atoms with Gasteiger partial charge in [-0.15, -0.1) is 9.79 Å². The van der Waals surface area contributed by atoms with Crippen LogP contribution < -0.4 is 5.73 Å². The van der Waals surface area contributed by atoms with Gasteiger partial charge in [0.15, 0.2) is 0 Å². The Kier molecular flexibility index (Phi) is 6.22. The number of nitrogens with zero attached hydrogens (tertiary/aromatic N) is 1. The molecule has 1 aromatic carbocycles. The molecule has 1 rings (SSSR count).